The quantitative estimate of drug-likeness (QED) is 0.364. The van der Waals surface area contributed by atoms with E-state index < -0.39 is 5.91 Å². The first-order valence-corrected chi connectivity index (χ1v) is 10.4. The Labute approximate surface area is 182 Å². The Balaban J connectivity index is 2.27. The zero-order chi connectivity index (χ0) is 20.8. The van der Waals surface area contributed by atoms with Gasteiger partial charge in [-0.1, -0.05) is 26.0 Å². The zero-order valence-electron chi connectivity index (χ0n) is 16.3. The van der Waals surface area contributed by atoms with E-state index >= 15 is 0 Å². The molecule has 1 amide bonds. The Morgan fingerprint density at radius 2 is 1.89 bits per heavy atom. The summed E-state index contributed by atoms with van der Waals surface area (Å²) in [5, 5.41) is 12.3. The Bertz CT molecular complexity index is 936. The molecular weight excluding hydrogens is 484 g/mol. The summed E-state index contributed by atoms with van der Waals surface area (Å²) in [7, 11) is 0. The van der Waals surface area contributed by atoms with Gasteiger partial charge in [-0.15, -0.1) is 0 Å². The molecule has 0 aliphatic carbocycles. The van der Waals surface area contributed by atoms with Gasteiger partial charge in [0.1, 0.15) is 17.4 Å². The van der Waals surface area contributed by atoms with Gasteiger partial charge in [-0.05, 0) is 92.6 Å². The lowest BCUT2D eigenvalue weighted by atomic mass is 10.1. The molecule has 28 heavy (non-hydrogen) atoms. The highest BCUT2D eigenvalue weighted by atomic mass is 79.9. The average molecular weight is 506 g/mol. The third-order valence-corrected chi connectivity index (χ3v) is 5.29. The molecule has 0 saturated carbocycles. The van der Waals surface area contributed by atoms with E-state index in [0.29, 0.717) is 29.5 Å². The first kappa shape index (κ1) is 22.2. The summed E-state index contributed by atoms with van der Waals surface area (Å²) in [6.45, 7) is 8.65. The zero-order valence-corrected chi connectivity index (χ0v) is 19.4. The first-order valence-electron chi connectivity index (χ1n) is 8.84. The molecule has 2 aromatic rings. The molecule has 0 radical (unpaired) electrons. The number of halogens is 2. The fraction of sp³-hybridized carbons (Fsp3) is 0.273. The Hall–Kier alpha value is -2.10. The maximum Gasteiger partial charge on any atom is 0.266 e. The standard InChI is InChI=1S/C22H22Br2N2O2/c1-13(2)12-28-21-18(23)9-16(10-19(21)24)8-17(11-25)22(27)26-20-7-5-6-14(3)15(20)4/h5-10,13H,12H2,1-4H3,(H,26,27)/b17-8+. The van der Waals surface area contributed by atoms with E-state index in [1.165, 1.54) is 0 Å². The number of ether oxygens (including phenoxy) is 1. The predicted molar refractivity (Wildman–Crippen MR) is 120 cm³/mol. The van der Waals surface area contributed by atoms with Gasteiger partial charge in [-0.25, -0.2) is 0 Å². The fourth-order valence-corrected chi connectivity index (χ4v) is 3.89. The van der Waals surface area contributed by atoms with Gasteiger partial charge in [-0.3, -0.25) is 4.79 Å². The second-order valence-corrected chi connectivity index (χ2v) is 8.60. The maximum absolute atomic E-state index is 12.6. The van der Waals surface area contributed by atoms with Crippen LogP contribution in [0.25, 0.3) is 6.08 Å². The number of aryl methyl sites for hydroxylation is 1. The van der Waals surface area contributed by atoms with E-state index in [1.54, 1.807) is 6.08 Å². The minimum Gasteiger partial charge on any atom is -0.491 e. The lowest BCUT2D eigenvalue weighted by Gasteiger charge is -2.13. The summed E-state index contributed by atoms with van der Waals surface area (Å²) >= 11 is 7.00. The van der Waals surface area contributed by atoms with E-state index in [-0.39, 0.29) is 5.57 Å². The summed E-state index contributed by atoms with van der Waals surface area (Å²) in [6.07, 6.45) is 1.56. The second-order valence-electron chi connectivity index (χ2n) is 6.89. The molecule has 4 nitrogen and oxygen atoms in total. The van der Waals surface area contributed by atoms with Crippen molar-refractivity contribution in [2.75, 3.05) is 11.9 Å². The van der Waals surface area contributed by atoms with Crippen LogP contribution in [-0.2, 0) is 4.79 Å². The lowest BCUT2D eigenvalue weighted by molar-refractivity contribution is -0.112. The smallest absolute Gasteiger partial charge is 0.266 e. The van der Waals surface area contributed by atoms with Gasteiger partial charge in [0.25, 0.3) is 5.91 Å². The highest BCUT2D eigenvalue weighted by Gasteiger charge is 2.14. The predicted octanol–water partition coefficient (Wildman–Crippen LogP) is 6.41. The fourth-order valence-electron chi connectivity index (χ4n) is 2.44. The SMILES string of the molecule is Cc1cccc(NC(=O)/C(C#N)=C/c2cc(Br)c(OCC(C)C)c(Br)c2)c1C. The maximum atomic E-state index is 12.6. The molecule has 146 valence electrons. The van der Waals surface area contributed by atoms with Crippen molar-refractivity contribution in [2.45, 2.75) is 27.7 Å². The Morgan fingerprint density at radius 3 is 2.46 bits per heavy atom. The number of carbonyl (C=O) groups excluding carboxylic acids is 1. The summed E-state index contributed by atoms with van der Waals surface area (Å²) in [5.41, 5.74) is 3.49. The molecular formula is C22H22Br2N2O2. The van der Waals surface area contributed by atoms with Gasteiger partial charge < -0.3 is 10.1 Å². The lowest BCUT2D eigenvalue weighted by Crippen LogP contribution is -2.14. The minimum atomic E-state index is -0.441. The number of nitriles is 1. The summed E-state index contributed by atoms with van der Waals surface area (Å²) < 4.78 is 7.31. The van der Waals surface area contributed by atoms with Crippen LogP contribution in [0.5, 0.6) is 5.75 Å². The number of hydrogen-bond donors (Lipinski definition) is 1. The van der Waals surface area contributed by atoms with Crippen LogP contribution in [0.15, 0.2) is 44.9 Å². The topological polar surface area (TPSA) is 62.1 Å². The van der Waals surface area contributed by atoms with E-state index in [4.69, 9.17) is 4.74 Å². The number of anilines is 1. The Morgan fingerprint density at radius 1 is 1.25 bits per heavy atom. The van der Waals surface area contributed by atoms with Crippen LogP contribution >= 0.6 is 31.9 Å². The molecule has 0 heterocycles. The average Bonchev–Trinajstić information content (AvgIpc) is 2.62. The van der Waals surface area contributed by atoms with Gasteiger partial charge in [0.2, 0.25) is 0 Å². The minimum absolute atomic E-state index is 0.0237. The molecule has 0 aliphatic heterocycles. The van der Waals surface area contributed by atoms with Gasteiger partial charge in [0, 0.05) is 5.69 Å². The van der Waals surface area contributed by atoms with Crippen molar-refractivity contribution in [3.63, 3.8) is 0 Å². The van der Waals surface area contributed by atoms with Crippen LogP contribution < -0.4 is 10.1 Å². The molecule has 0 atom stereocenters. The summed E-state index contributed by atoms with van der Waals surface area (Å²) in [5.74, 6) is 0.658. The molecule has 0 unspecified atom stereocenters. The number of rotatable bonds is 6. The molecule has 0 bridgehead atoms. The van der Waals surface area contributed by atoms with Crippen molar-refractivity contribution in [3.05, 3.63) is 61.5 Å². The van der Waals surface area contributed by atoms with Gasteiger partial charge >= 0.3 is 0 Å². The van der Waals surface area contributed by atoms with Crippen molar-refractivity contribution < 1.29 is 9.53 Å². The largest absolute Gasteiger partial charge is 0.491 e. The van der Waals surface area contributed by atoms with Gasteiger partial charge in [0.15, 0.2) is 0 Å². The third kappa shape index (κ3) is 5.70. The normalized spacial score (nSPS) is 11.3. The van der Waals surface area contributed by atoms with Crippen molar-refractivity contribution in [2.24, 2.45) is 5.92 Å². The molecule has 0 fully saturated rings. The van der Waals surface area contributed by atoms with Crippen LogP contribution in [-0.4, -0.2) is 12.5 Å². The molecule has 0 spiro atoms. The number of carbonyl (C=O) groups is 1. The van der Waals surface area contributed by atoms with Crippen molar-refractivity contribution in [1.82, 2.24) is 0 Å². The number of nitrogens with one attached hydrogen (secondary N) is 1. The first-order chi connectivity index (χ1) is 13.2. The third-order valence-electron chi connectivity index (χ3n) is 4.11. The summed E-state index contributed by atoms with van der Waals surface area (Å²) in [6, 6.07) is 11.3. The van der Waals surface area contributed by atoms with Crippen LogP contribution in [0.2, 0.25) is 0 Å². The van der Waals surface area contributed by atoms with Crippen molar-refractivity contribution >= 4 is 49.5 Å². The highest BCUT2D eigenvalue weighted by molar-refractivity contribution is 9.11. The van der Waals surface area contributed by atoms with E-state index in [0.717, 1.165) is 20.1 Å². The van der Waals surface area contributed by atoms with Crippen molar-refractivity contribution in [1.29, 1.82) is 5.26 Å². The van der Waals surface area contributed by atoms with Crippen LogP contribution in [0.4, 0.5) is 5.69 Å². The monoisotopic (exact) mass is 504 g/mol. The molecule has 6 heteroatoms. The van der Waals surface area contributed by atoms with Crippen LogP contribution in [0.1, 0.15) is 30.5 Å². The number of nitrogens with zero attached hydrogens (tertiary/aromatic N) is 1. The van der Waals surface area contributed by atoms with Crippen LogP contribution in [0.3, 0.4) is 0 Å². The molecule has 0 aliphatic rings. The molecule has 1 N–H and O–H groups in total. The number of benzene rings is 2. The van der Waals surface area contributed by atoms with Gasteiger partial charge in [0.05, 0.1) is 15.6 Å². The molecule has 0 aromatic heterocycles. The second kappa shape index (κ2) is 9.90. The number of amides is 1. The van der Waals surface area contributed by atoms with E-state index in [9.17, 15) is 10.1 Å². The number of hydrogen-bond acceptors (Lipinski definition) is 3. The summed E-state index contributed by atoms with van der Waals surface area (Å²) in [4.78, 5) is 12.6. The van der Waals surface area contributed by atoms with E-state index in [2.05, 4.69) is 51.0 Å². The van der Waals surface area contributed by atoms with Gasteiger partial charge in [-0.2, -0.15) is 5.26 Å². The molecule has 0 saturated heterocycles. The van der Waals surface area contributed by atoms with Crippen LogP contribution in [0, 0.1) is 31.1 Å². The van der Waals surface area contributed by atoms with Crippen molar-refractivity contribution in [3.8, 4) is 11.8 Å². The highest BCUT2D eigenvalue weighted by Crippen LogP contribution is 2.35. The Kier molecular flexibility index (Phi) is 7.85. The molecule has 2 aromatic carbocycles. The molecule has 2 rings (SSSR count). The van der Waals surface area contributed by atoms with E-state index in [1.807, 2.05) is 50.2 Å².